The van der Waals surface area contributed by atoms with E-state index in [1.807, 2.05) is 6.08 Å². The van der Waals surface area contributed by atoms with E-state index in [1.165, 1.54) is 11.8 Å². The molecule has 3 aliphatic rings. The highest BCUT2D eigenvalue weighted by atomic mass is 32.2. The normalized spacial score (nSPS) is 68.6. The summed E-state index contributed by atoms with van der Waals surface area (Å²) in [5.41, 5.74) is 0. The van der Waals surface area contributed by atoms with Crippen LogP contribution < -0.4 is 0 Å². The lowest BCUT2D eigenvalue weighted by Gasteiger charge is -2.11. The standard InChI is InChI=1S/C6H6O2S2/c7-5-2-1-3-4(9-3)6(5,8)10-5/h1-4,7-8H. The third kappa shape index (κ3) is 0.460. The molecule has 54 valence electrons. The van der Waals surface area contributed by atoms with E-state index in [-0.39, 0.29) is 5.25 Å². The van der Waals surface area contributed by atoms with Gasteiger partial charge in [0.2, 0.25) is 0 Å². The van der Waals surface area contributed by atoms with E-state index in [9.17, 15) is 10.2 Å². The average Bonchev–Trinajstić information content (AvgIpc) is 2.64. The van der Waals surface area contributed by atoms with Crippen molar-refractivity contribution in [1.29, 1.82) is 0 Å². The highest BCUT2D eigenvalue weighted by Gasteiger charge is 2.78. The van der Waals surface area contributed by atoms with Crippen LogP contribution in [0.5, 0.6) is 0 Å². The molecule has 0 radical (unpaired) electrons. The Labute approximate surface area is 66.7 Å². The third-order valence-corrected chi connectivity index (χ3v) is 5.14. The molecule has 1 aliphatic carbocycles. The number of fused-ring (bicyclic) bond motifs is 3. The SMILES string of the molecule is OC12C=CC3SC3C1(O)S2. The fraction of sp³-hybridized carbons (Fsp3) is 0.667. The maximum Gasteiger partial charge on any atom is 0.171 e. The lowest BCUT2D eigenvalue weighted by Crippen LogP contribution is -2.32. The van der Waals surface area contributed by atoms with Crippen LogP contribution in [0.4, 0.5) is 0 Å². The van der Waals surface area contributed by atoms with Gasteiger partial charge in [0, 0.05) is 5.25 Å². The Hall–Kier alpha value is 0.360. The first kappa shape index (κ1) is 5.94. The van der Waals surface area contributed by atoms with E-state index in [0.29, 0.717) is 5.25 Å². The van der Waals surface area contributed by atoms with Gasteiger partial charge in [-0.05, 0) is 6.08 Å². The maximum absolute atomic E-state index is 9.66. The summed E-state index contributed by atoms with van der Waals surface area (Å²) in [7, 11) is 0. The Morgan fingerprint density at radius 3 is 2.90 bits per heavy atom. The summed E-state index contributed by atoms with van der Waals surface area (Å²) in [6.07, 6.45) is 3.71. The van der Waals surface area contributed by atoms with Crippen molar-refractivity contribution in [2.24, 2.45) is 0 Å². The molecule has 2 heterocycles. The van der Waals surface area contributed by atoms with Crippen molar-refractivity contribution in [3.05, 3.63) is 12.2 Å². The molecule has 10 heavy (non-hydrogen) atoms. The number of aliphatic hydroxyl groups is 2. The van der Waals surface area contributed by atoms with Gasteiger partial charge in [0.25, 0.3) is 0 Å². The van der Waals surface area contributed by atoms with Crippen LogP contribution in [0.25, 0.3) is 0 Å². The van der Waals surface area contributed by atoms with Crippen molar-refractivity contribution in [2.75, 3.05) is 0 Å². The summed E-state index contributed by atoms with van der Waals surface area (Å²) in [4.78, 5) is -1.77. The summed E-state index contributed by atoms with van der Waals surface area (Å²) < 4.78 is 0. The van der Waals surface area contributed by atoms with Gasteiger partial charge in [0.1, 0.15) is 0 Å². The summed E-state index contributed by atoms with van der Waals surface area (Å²) in [5.74, 6) is 0. The molecule has 2 fully saturated rings. The molecule has 3 rings (SSSR count). The summed E-state index contributed by atoms with van der Waals surface area (Å²) >= 11 is 2.99. The second-order valence-electron chi connectivity index (χ2n) is 2.88. The van der Waals surface area contributed by atoms with Gasteiger partial charge in [-0.1, -0.05) is 17.8 Å². The molecule has 2 aliphatic heterocycles. The number of rotatable bonds is 0. The Kier molecular flexibility index (Phi) is 0.777. The number of hydrogen-bond donors (Lipinski definition) is 2. The first-order valence-electron chi connectivity index (χ1n) is 3.15. The van der Waals surface area contributed by atoms with E-state index >= 15 is 0 Å². The molecule has 0 saturated carbocycles. The highest BCUT2D eigenvalue weighted by molar-refractivity contribution is 8.14. The van der Waals surface area contributed by atoms with Gasteiger partial charge in [0.05, 0.1) is 5.25 Å². The Morgan fingerprint density at radius 2 is 2.20 bits per heavy atom. The molecule has 0 bridgehead atoms. The molecule has 0 amide bonds. The molecule has 4 unspecified atom stereocenters. The molecule has 0 spiro atoms. The van der Waals surface area contributed by atoms with E-state index in [1.54, 1.807) is 17.8 Å². The summed E-state index contributed by atoms with van der Waals surface area (Å²) in [5, 5.41) is 19.9. The van der Waals surface area contributed by atoms with Crippen LogP contribution in [0.1, 0.15) is 0 Å². The predicted octanol–water partition coefficient (Wildman–Crippen LogP) is 0.164. The second-order valence-corrected chi connectivity index (χ2v) is 5.65. The number of hydrogen-bond acceptors (Lipinski definition) is 4. The van der Waals surface area contributed by atoms with Crippen LogP contribution >= 0.6 is 23.5 Å². The van der Waals surface area contributed by atoms with Gasteiger partial charge in [-0.15, -0.1) is 11.8 Å². The number of thioether (sulfide) groups is 2. The second kappa shape index (κ2) is 1.31. The molecule has 0 aromatic heterocycles. The van der Waals surface area contributed by atoms with Crippen LogP contribution in [0.2, 0.25) is 0 Å². The zero-order valence-corrected chi connectivity index (χ0v) is 6.65. The van der Waals surface area contributed by atoms with Crippen LogP contribution in [0.3, 0.4) is 0 Å². The largest absolute Gasteiger partial charge is 0.374 e. The van der Waals surface area contributed by atoms with Crippen LogP contribution in [-0.2, 0) is 0 Å². The van der Waals surface area contributed by atoms with Crippen molar-refractivity contribution in [3.8, 4) is 0 Å². The molecule has 2 N–H and O–H groups in total. The van der Waals surface area contributed by atoms with E-state index in [4.69, 9.17) is 0 Å². The van der Waals surface area contributed by atoms with Gasteiger partial charge >= 0.3 is 0 Å². The molecule has 4 heteroatoms. The van der Waals surface area contributed by atoms with E-state index in [0.717, 1.165) is 0 Å². The van der Waals surface area contributed by atoms with Gasteiger partial charge in [-0.3, -0.25) is 0 Å². The minimum Gasteiger partial charge on any atom is -0.374 e. The van der Waals surface area contributed by atoms with Crippen LogP contribution in [-0.4, -0.2) is 30.6 Å². The minimum atomic E-state index is -0.933. The monoisotopic (exact) mass is 174 g/mol. The first-order chi connectivity index (χ1) is 4.66. The quantitative estimate of drug-likeness (QED) is 0.405. The molecular weight excluding hydrogens is 168 g/mol. The van der Waals surface area contributed by atoms with E-state index < -0.39 is 9.87 Å². The average molecular weight is 174 g/mol. The molecular formula is C6H6O2S2. The van der Waals surface area contributed by atoms with Crippen molar-refractivity contribution in [3.63, 3.8) is 0 Å². The smallest absolute Gasteiger partial charge is 0.171 e. The zero-order valence-electron chi connectivity index (χ0n) is 5.02. The van der Waals surface area contributed by atoms with E-state index in [2.05, 4.69) is 0 Å². The van der Waals surface area contributed by atoms with Crippen molar-refractivity contribution in [2.45, 2.75) is 20.4 Å². The third-order valence-electron chi connectivity index (χ3n) is 2.21. The fourth-order valence-corrected chi connectivity index (χ4v) is 4.01. The predicted molar refractivity (Wildman–Crippen MR) is 41.8 cm³/mol. The zero-order chi connectivity index (χ0) is 6.98. The topological polar surface area (TPSA) is 40.5 Å². The van der Waals surface area contributed by atoms with Gasteiger partial charge in [-0.25, -0.2) is 0 Å². The van der Waals surface area contributed by atoms with Crippen LogP contribution in [0.15, 0.2) is 12.2 Å². The molecule has 0 aromatic rings. The van der Waals surface area contributed by atoms with Gasteiger partial charge in [0.15, 0.2) is 9.87 Å². The Balaban J connectivity index is 2.09. The Bertz CT molecular complexity index is 242. The molecule has 2 nitrogen and oxygen atoms in total. The maximum atomic E-state index is 9.66. The first-order valence-corrected chi connectivity index (χ1v) is 4.91. The highest BCUT2D eigenvalue weighted by Crippen LogP contribution is 2.74. The molecule has 0 aromatic carbocycles. The Morgan fingerprint density at radius 1 is 1.40 bits per heavy atom. The molecule has 4 atom stereocenters. The fourth-order valence-electron chi connectivity index (χ4n) is 1.44. The lowest BCUT2D eigenvalue weighted by atomic mass is 10.0. The summed E-state index contributed by atoms with van der Waals surface area (Å²) in [6.45, 7) is 0. The van der Waals surface area contributed by atoms with Crippen molar-refractivity contribution >= 4 is 23.5 Å². The molecule has 2 saturated heterocycles. The van der Waals surface area contributed by atoms with Crippen molar-refractivity contribution < 1.29 is 10.2 Å². The summed E-state index contributed by atoms with van der Waals surface area (Å²) in [6, 6.07) is 0. The van der Waals surface area contributed by atoms with Crippen molar-refractivity contribution in [1.82, 2.24) is 0 Å². The minimum absolute atomic E-state index is 0.257. The van der Waals surface area contributed by atoms with Gasteiger partial charge in [-0.2, -0.15) is 0 Å². The van der Waals surface area contributed by atoms with Gasteiger partial charge < -0.3 is 10.2 Å². The van der Waals surface area contributed by atoms with Crippen LogP contribution in [0, 0.1) is 0 Å². The lowest BCUT2D eigenvalue weighted by molar-refractivity contribution is 0.0496.